The third-order valence-corrected chi connectivity index (χ3v) is 3.02. The normalized spacial score (nSPS) is 28.1. The van der Waals surface area contributed by atoms with E-state index in [2.05, 4.69) is 20.8 Å². The molecular formula is C10H20O. The SMILES string of the molecule is CCCCC(C)(CC)C1CO1. The number of unbranched alkanes of at least 4 members (excludes halogenated alkanes) is 1. The van der Waals surface area contributed by atoms with Gasteiger partial charge in [0, 0.05) is 0 Å². The number of ether oxygens (including phenoxy) is 1. The topological polar surface area (TPSA) is 12.5 Å². The number of epoxide rings is 1. The minimum atomic E-state index is 0.482. The molecule has 1 nitrogen and oxygen atoms in total. The van der Waals surface area contributed by atoms with Crippen LogP contribution in [-0.4, -0.2) is 12.7 Å². The Bertz CT molecular complexity index is 118. The Morgan fingerprint density at radius 3 is 2.45 bits per heavy atom. The average molecular weight is 156 g/mol. The van der Waals surface area contributed by atoms with Crippen LogP contribution in [0.1, 0.15) is 46.5 Å². The van der Waals surface area contributed by atoms with Crippen LogP contribution in [0.2, 0.25) is 0 Å². The first-order chi connectivity index (χ1) is 5.23. The van der Waals surface area contributed by atoms with Crippen molar-refractivity contribution in [2.45, 2.75) is 52.6 Å². The van der Waals surface area contributed by atoms with E-state index >= 15 is 0 Å². The molecule has 1 rings (SSSR count). The van der Waals surface area contributed by atoms with Crippen LogP contribution < -0.4 is 0 Å². The summed E-state index contributed by atoms with van der Waals surface area (Å²) in [5, 5.41) is 0. The van der Waals surface area contributed by atoms with Gasteiger partial charge in [0.05, 0.1) is 12.7 Å². The summed E-state index contributed by atoms with van der Waals surface area (Å²) in [6, 6.07) is 0. The summed E-state index contributed by atoms with van der Waals surface area (Å²) >= 11 is 0. The number of rotatable bonds is 5. The highest BCUT2D eigenvalue weighted by atomic mass is 16.6. The second-order valence-corrected chi connectivity index (χ2v) is 3.93. The Balaban J connectivity index is 2.31. The van der Waals surface area contributed by atoms with Crippen molar-refractivity contribution in [3.8, 4) is 0 Å². The third kappa shape index (κ3) is 2.19. The van der Waals surface area contributed by atoms with E-state index in [1.54, 1.807) is 0 Å². The van der Waals surface area contributed by atoms with Gasteiger partial charge < -0.3 is 4.74 Å². The number of hydrogen-bond donors (Lipinski definition) is 0. The Hall–Kier alpha value is -0.0400. The minimum Gasteiger partial charge on any atom is -0.373 e. The predicted molar refractivity (Wildman–Crippen MR) is 47.7 cm³/mol. The van der Waals surface area contributed by atoms with E-state index in [4.69, 9.17) is 4.74 Å². The molecule has 1 aliphatic rings. The van der Waals surface area contributed by atoms with E-state index in [0.717, 1.165) is 6.61 Å². The van der Waals surface area contributed by atoms with Gasteiger partial charge in [-0.1, -0.05) is 33.6 Å². The van der Waals surface area contributed by atoms with Crippen LogP contribution in [0, 0.1) is 5.41 Å². The van der Waals surface area contributed by atoms with Crippen LogP contribution in [0.15, 0.2) is 0 Å². The third-order valence-electron chi connectivity index (χ3n) is 3.02. The monoisotopic (exact) mass is 156 g/mol. The highest BCUT2D eigenvalue weighted by Gasteiger charge is 2.40. The quantitative estimate of drug-likeness (QED) is 0.557. The molecule has 0 N–H and O–H groups in total. The summed E-state index contributed by atoms with van der Waals surface area (Å²) in [6.45, 7) is 7.90. The zero-order valence-corrected chi connectivity index (χ0v) is 8.02. The lowest BCUT2D eigenvalue weighted by Crippen LogP contribution is -2.22. The lowest BCUT2D eigenvalue weighted by Gasteiger charge is -2.25. The molecule has 0 radical (unpaired) electrons. The molecule has 0 bridgehead atoms. The molecular weight excluding hydrogens is 136 g/mol. The molecule has 0 aliphatic carbocycles. The van der Waals surface area contributed by atoms with Gasteiger partial charge in [-0.05, 0) is 18.3 Å². The van der Waals surface area contributed by atoms with E-state index < -0.39 is 0 Å². The van der Waals surface area contributed by atoms with Crippen molar-refractivity contribution in [1.29, 1.82) is 0 Å². The zero-order valence-electron chi connectivity index (χ0n) is 8.02. The summed E-state index contributed by atoms with van der Waals surface area (Å²) < 4.78 is 5.36. The molecule has 0 aromatic rings. The molecule has 0 aromatic carbocycles. The molecule has 1 saturated heterocycles. The highest BCUT2D eigenvalue weighted by molar-refractivity contribution is 4.88. The van der Waals surface area contributed by atoms with Gasteiger partial charge >= 0.3 is 0 Å². The molecule has 1 fully saturated rings. The molecule has 0 amide bonds. The Morgan fingerprint density at radius 1 is 1.45 bits per heavy atom. The molecule has 0 spiro atoms. The molecule has 0 saturated carbocycles. The van der Waals surface area contributed by atoms with Crippen molar-refractivity contribution in [2.24, 2.45) is 5.41 Å². The molecule has 1 aliphatic heterocycles. The Kier molecular flexibility index (Phi) is 2.94. The fourth-order valence-corrected chi connectivity index (χ4v) is 1.60. The van der Waals surface area contributed by atoms with Gasteiger partial charge in [0.15, 0.2) is 0 Å². The van der Waals surface area contributed by atoms with Crippen molar-refractivity contribution in [3.63, 3.8) is 0 Å². The first kappa shape index (κ1) is 9.05. The van der Waals surface area contributed by atoms with Crippen molar-refractivity contribution in [3.05, 3.63) is 0 Å². The maximum atomic E-state index is 5.36. The van der Waals surface area contributed by atoms with Crippen molar-refractivity contribution >= 4 is 0 Å². The Labute approximate surface area is 70.1 Å². The van der Waals surface area contributed by atoms with Gasteiger partial charge in [0.25, 0.3) is 0 Å². The second kappa shape index (κ2) is 3.57. The summed E-state index contributed by atoms with van der Waals surface area (Å²) in [7, 11) is 0. The maximum Gasteiger partial charge on any atom is 0.0863 e. The average Bonchev–Trinajstić information content (AvgIpc) is 2.82. The summed E-state index contributed by atoms with van der Waals surface area (Å²) in [4.78, 5) is 0. The maximum absolute atomic E-state index is 5.36. The van der Waals surface area contributed by atoms with Crippen molar-refractivity contribution < 1.29 is 4.74 Å². The van der Waals surface area contributed by atoms with E-state index in [1.807, 2.05) is 0 Å². The number of hydrogen-bond acceptors (Lipinski definition) is 1. The van der Waals surface area contributed by atoms with Gasteiger partial charge in [0.1, 0.15) is 0 Å². The fourth-order valence-electron chi connectivity index (χ4n) is 1.60. The van der Waals surface area contributed by atoms with Gasteiger partial charge in [-0.3, -0.25) is 0 Å². The van der Waals surface area contributed by atoms with Crippen molar-refractivity contribution in [1.82, 2.24) is 0 Å². The summed E-state index contributed by atoms with van der Waals surface area (Å²) in [5.74, 6) is 0. The zero-order chi connectivity index (χ0) is 8.32. The summed E-state index contributed by atoms with van der Waals surface area (Å²) in [6.07, 6.45) is 5.84. The lowest BCUT2D eigenvalue weighted by atomic mass is 9.79. The molecule has 0 aromatic heterocycles. The van der Waals surface area contributed by atoms with Gasteiger partial charge in [-0.25, -0.2) is 0 Å². The van der Waals surface area contributed by atoms with Crippen molar-refractivity contribution in [2.75, 3.05) is 6.61 Å². The van der Waals surface area contributed by atoms with Gasteiger partial charge in [-0.2, -0.15) is 0 Å². The minimum absolute atomic E-state index is 0.482. The van der Waals surface area contributed by atoms with Crippen LogP contribution in [0.25, 0.3) is 0 Å². The molecule has 2 atom stereocenters. The molecule has 2 unspecified atom stereocenters. The van der Waals surface area contributed by atoms with E-state index in [9.17, 15) is 0 Å². The van der Waals surface area contributed by atoms with Crippen LogP contribution in [0.3, 0.4) is 0 Å². The van der Waals surface area contributed by atoms with Gasteiger partial charge in [-0.15, -0.1) is 0 Å². The molecule has 1 heteroatoms. The fraction of sp³-hybridized carbons (Fsp3) is 1.00. The highest BCUT2D eigenvalue weighted by Crippen LogP contribution is 2.39. The molecule has 66 valence electrons. The predicted octanol–water partition coefficient (Wildman–Crippen LogP) is 2.99. The smallest absolute Gasteiger partial charge is 0.0863 e. The largest absolute Gasteiger partial charge is 0.373 e. The first-order valence-electron chi connectivity index (χ1n) is 4.84. The standard InChI is InChI=1S/C10H20O/c1-4-6-7-10(3,5-2)9-8-11-9/h9H,4-8H2,1-3H3. The van der Waals surface area contributed by atoms with Crippen LogP contribution in [0.4, 0.5) is 0 Å². The summed E-state index contributed by atoms with van der Waals surface area (Å²) in [5.41, 5.74) is 0.482. The molecule has 11 heavy (non-hydrogen) atoms. The van der Waals surface area contributed by atoms with Crippen LogP contribution in [-0.2, 0) is 4.74 Å². The van der Waals surface area contributed by atoms with Crippen LogP contribution >= 0.6 is 0 Å². The second-order valence-electron chi connectivity index (χ2n) is 3.93. The molecule has 1 heterocycles. The van der Waals surface area contributed by atoms with Crippen LogP contribution in [0.5, 0.6) is 0 Å². The van der Waals surface area contributed by atoms with E-state index in [0.29, 0.717) is 11.5 Å². The van der Waals surface area contributed by atoms with E-state index in [1.165, 1.54) is 25.7 Å². The van der Waals surface area contributed by atoms with Gasteiger partial charge in [0.2, 0.25) is 0 Å². The van der Waals surface area contributed by atoms with E-state index in [-0.39, 0.29) is 0 Å². The lowest BCUT2D eigenvalue weighted by molar-refractivity contribution is 0.191. The Morgan fingerprint density at radius 2 is 2.09 bits per heavy atom. The first-order valence-corrected chi connectivity index (χ1v) is 4.84.